The van der Waals surface area contributed by atoms with Crippen LogP contribution in [0.4, 0.5) is 5.69 Å². The summed E-state index contributed by atoms with van der Waals surface area (Å²) in [6.07, 6.45) is 3.34. The number of rotatable bonds is 4. The fourth-order valence-corrected chi connectivity index (χ4v) is 1.60. The molecule has 1 heterocycles. The van der Waals surface area contributed by atoms with Crippen LogP contribution < -0.4 is 11.1 Å². The summed E-state index contributed by atoms with van der Waals surface area (Å²) in [6, 6.07) is 1.48. The molecule has 1 amide bonds. The van der Waals surface area contributed by atoms with E-state index in [0.717, 1.165) is 10.2 Å². The first-order chi connectivity index (χ1) is 7.00. The Kier molecular flexibility index (Phi) is 4.08. The minimum atomic E-state index is -0.374. The molecule has 15 heavy (non-hydrogen) atoms. The SMILES string of the molecule is CC(C)C(Nc1cncc(Br)c1)C(N)=O. The molecule has 0 radical (unpaired) electrons. The molecule has 1 rings (SSSR count). The Labute approximate surface area is 97.4 Å². The Bertz CT molecular complexity index is 354. The van der Waals surface area contributed by atoms with Crippen molar-refractivity contribution in [1.29, 1.82) is 0 Å². The van der Waals surface area contributed by atoms with Crippen LogP contribution >= 0.6 is 15.9 Å². The van der Waals surface area contributed by atoms with Crippen molar-refractivity contribution < 1.29 is 4.79 Å². The molecule has 1 atom stereocenters. The minimum Gasteiger partial charge on any atom is -0.372 e. The maximum absolute atomic E-state index is 11.2. The van der Waals surface area contributed by atoms with Crippen LogP contribution in [0.3, 0.4) is 0 Å². The molecule has 0 fully saturated rings. The van der Waals surface area contributed by atoms with Gasteiger partial charge in [-0.05, 0) is 27.9 Å². The average Bonchev–Trinajstić information content (AvgIpc) is 2.13. The lowest BCUT2D eigenvalue weighted by Crippen LogP contribution is -2.39. The van der Waals surface area contributed by atoms with Crippen LogP contribution in [-0.2, 0) is 4.79 Å². The zero-order valence-electron chi connectivity index (χ0n) is 8.70. The molecule has 0 aromatic carbocycles. The van der Waals surface area contributed by atoms with E-state index in [4.69, 9.17) is 5.73 Å². The van der Waals surface area contributed by atoms with Crippen LogP contribution in [0.25, 0.3) is 0 Å². The lowest BCUT2D eigenvalue weighted by atomic mass is 10.0. The molecule has 0 aliphatic rings. The molecule has 0 saturated carbocycles. The zero-order valence-corrected chi connectivity index (χ0v) is 10.3. The van der Waals surface area contributed by atoms with Crippen molar-refractivity contribution in [1.82, 2.24) is 4.98 Å². The fraction of sp³-hybridized carbons (Fsp3) is 0.400. The van der Waals surface area contributed by atoms with E-state index in [1.165, 1.54) is 0 Å². The normalized spacial score (nSPS) is 12.5. The molecule has 0 saturated heterocycles. The molecule has 0 aliphatic carbocycles. The van der Waals surface area contributed by atoms with E-state index in [1.807, 2.05) is 19.9 Å². The first kappa shape index (κ1) is 12.0. The van der Waals surface area contributed by atoms with Gasteiger partial charge in [-0.2, -0.15) is 0 Å². The number of hydrogen-bond acceptors (Lipinski definition) is 3. The number of nitrogens with zero attached hydrogens (tertiary/aromatic N) is 1. The Morgan fingerprint density at radius 1 is 1.53 bits per heavy atom. The summed E-state index contributed by atoms with van der Waals surface area (Å²) in [5, 5.41) is 3.05. The van der Waals surface area contributed by atoms with Crippen molar-refractivity contribution in [2.45, 2.75) is 19.9 Å². The van der Waals surface area contributed by atoms with Gasteiger partial charge in [-0.25, -0.2) is 0 Å². The van der Waals surface area contributed by atoms with Crippen molar-refractivity contribution in [2.24, 2.45) is 11.7 Å². The molecule has 1 unspecified atom stereocenters. The lowest BCUT2D eigenvalue weighted by molar-refractivity contribution is -0.119. The van der Waals surface area contributed by atoms with Crippen molar-refractivity contribution in [3.8, 4) is 0 Å². The summed E-state index contributed by atoms with van der Waals surface area (Å²) in [5.74, 6) is -0.216. The zero-order chi connectivity index (χ0) is 11.4. The fourth-order valence-electron chi connectivity index (χ4n) is 1.24. The molecule has 1 aromatic rings. The predicted octanol–water partition coefficient (Wildman–Crippen LogP) is 1.77. The number of halogens is 1. The largest absolute Gasteiger partial charge is 0.372 e. The van der Waals surface area contributed by atoms with Crippen molar-refractivity contribution in [2.75, 3.05) is 5.32 Å². The Morgan fingerprint density at radius 2 is 2.20 bits per heavy atom. The third-order valence-electron chi connectivity index (χ3n) is 2.00. The number of nitrogens with one attached hydrogen (secondary N) is 1. The molecule has 3 N–H and O–H groups in total. The highest BCUT2D eigenvalue weighted by Gasteiger charge is 2.18. The molecule has 0 aliphatic heterocycles. The monoisotopic (exact) mass is 271 g/mol. The van der Waals surface area contributed by atoms with Gasteiger partial charge in [0.2, 0.25) is 5.91 Å². The summed E-state index contributed by atoms with van der Waals surface area (Å²) < 4.78 is 0.861. The van der Waals surface area contributed by atoms with Gasteiger partial charge in [0.15, 0.2) is 0 Å². The number of aromatic nitrogens is 1. The van der Waals surface area contributed by atoms with E-state index in [1.54, 1.807) is 12.4 Å². The molecule has 0 bridgehead atoms. The Hall–Kier alpha value is -1.10. The van der Waals surface area contributed by atoms with Crippen molar-refractivity contribution >= 4 is 27.5 Å². The van der Waals surface area contributed by atoms with Crippen LogP contribution in [0.2, 0.25) is 0 Å². The average molecular weight is 272 g/mol. The molecule has 5 heteroatoms. The predicted molar refractivity (Wildman–Crippen MR) is 63.4 cm³/mol. The van der Waals surface area contributed by atoms with Gasteiger partial charge in [-0.1, -0.05) is 13.8 Å². The van der Waals surface area contributed by atoms with Gasteiger partial charge in [-0.3, -0.25) is 9.78 Å². The smallest absolute Gasteiger partial charge is 0.240 e. The number of carbonyl (C=O) groups excluding carboxylic acids is 1. The third kappa shape index (κ3) is 3.51. The standard InChI is InChI=1S/C10H14BrN3O/c1-6(2)9(10(12)15)14-8-3-7(11)4-13-5-8/h3-6,9,14H,1-2H3,(H2,12,15). The summed E-state index contributed by atoms with van der Waals surface area (Å²) in [6.45, 7) is 3.88. The molecule has 4 nitrogen and oxygen atoms in total. The second-order valence-corrected chi connectivity index (χ2v) is 4.58. The van der Waals surface area contributed by atoms with Crippen LogP contribution in [0.15, 0.2) is 22.9 Å². The van der Waals surface area contributed by atoms with Gasteiger partial charge in [0, 0.05) is 10.7 Å². The number of anilines is 1. The number of amides is 1. The van der Waals surface area contributed by atoms with E-state index in [9.17, 15) is 4.79 Å². The maximum Gasteiger partial charge on any atom is 0.240 e. The molecule has 1 aromatic heterocycles. The molecular formula is C10H14BrN3O. The highest BCUT2D eigenvalue weighted by atomic mass is 79.9. The van der Waals surface area contributed by atoms with E-state index in [2.05, 4.69) is 26.2 Å². The number of nitrogens with two attached hydrogens (primary N) is 1. The maximum atomic E-state index is 11.2. The first-order valence-corrected chi connectivity index (χ1v) is 5.46. The van der Waals surface area contributed by atoms with Crippen molar-refractivity contribution in [3.05, 3.63) is 22.9 Å². The van der Waals surface area contributed by atoms with Gasteiger partial charge in [-0.15, -0.1) is 0 Å². The van der Waals surface area contributed by atoms with Crippen LogP contribution in [0.5, 0.6) is 0 Å². The van der Waals surface area contributed by atoms with Crippen LogP contribution in [-0.4, -0.2) is 16.9 Å². The van der Waals surface area contributed by atoms with E-state index in [-0.39, 0.29) is 17.9 Å². The summed E-state index contributed by atoms with van der Waals surface area (Å²) in [5.41, 5.74) is 6.07. The Balaban J connectivity index is 2.79. The van der Waals surface area contributed by atoms with Gasteiger partial charge in [0.1, 0.15) is 6.04 Å². The van der Waals surface area contributed by atoms with Gasteiger partial charge in [0.05, 0.1) is 11.9 Å². The van der Waals surface area contributed by atoms with Gasteiger partial charge < -0.3 is 11.1 Å². The Morgan fingerprint density at radius 3 is 2.67 bits per heavy atom. The summed E-state index contributed by atoms with van der Waals surface area (Å²) in [4.78, 5) is 15.2. The quantitative estimate of drug-likeness (QED) is 0.877. The molecular weight excluding hydrogens is 258 g/mol. The van der Waals surface area contributed by atoms with E-state index >= 15 is 0 Å². The van der Waals surface area contributed by atoms with Gasteiger partial charge in [0.25, 0.3) is 0 Å². The minimum absolute atomic E-state index is 0.140. The highest BCUT2D eigenvalue weighted by Crippen LogP contribution is 2.16. The number of carbonyl (C=O) groups is 1. The summed E-state index contributed by atoms with van der Waals surface area (Å²) in [7, 11) is 0. The third-order valence-corrected chi connectivity index (χ3v) is 2.43. The van der Waals surface area contributed by atoms with Crippen LogP contribution in [0, 0.1) is 5.92 Å². The van der Waals surface area contributed by atoms with Crippen molar-refractivity contribution in [3.63, 3.8) is 0 Å². The first-order valence-electron chi connectivity index (χ1n) is 4.67. The second kappa shape index (κ2) is 5.11. The number of primary amides is 1. The molecule has 0 spiro atoms. The summed E-state index contributed by atoms with van der Waals surface area (Å²) >= 11 is 3.31. The van der Waals surface area contributed by atoms with Gasteiger partial charge >= 0.3 is 0 Å². The molecule has 82 valence electrons. The second-order valence-electron chi connectivity index (χ2n) is 3.66. The number of pyridine rings is 1. The number of hydrogen-bond donors (Lipinski definition) is 2. The highest BCUT2D eigenvalue weighted by molar-refractivity contribution is 9.10. The lowest BCUT2D eigenvalue weighted by Gasteiger charge is -2.19. The van der Waals surface area contributed by atoms with Crippen LogP contribution in [0.1, 0.15) is 13.8 Å². The van der Waals surface area contributed by atoms with E-state index in [0.29, 0.717) is 0 Å². The topological polar surface area (TPSA) is 68.0 Å². The van der Waals surface area contributed by atoms with E-state index < -0.39 is 0 Å².